The third-order valence-corrected chi connectivity index (χ3v) is 5.81. The second kappa shape index (κ2) is 6.08. The minimum Gasteiger partial charge on any atom is -0.507 e. The van der Waals surface area contributed by atoms with Crippen LogP contribution in [0.4, 0.5) is 5.69 Å². The molecule has 0 aliphatic carbocycles. The van der Waals surface area contributed by atoms with Gasteiger partial charge in [-0.3, -0.25) is 4.79 Å². The largest absolute Gasteiger partial charge is 0.507 e. The van der Waals surface area contributed by atoms with Gasteiger partial charge in [0.25, 0.3) is 5.91 Å². The van der Waals surface area contributed by atoms with Crippen molar-refractivity contribution >= 4 is 33.0 Å². The molecule has 1 heterocycles. The molecule has 1 atom stereocenters. The summed E-state index contributed by atoms with van der Waals surface area (Å²) >= 11 is 5.83. The molecule has 2 N–H and O–H groups in total. The third-order valence-electron chi connectivity index (χ3n) is 3.81. The number of phenolic OH excluding ortho intramolecular Hbond substituents is 1. The van der Waals surface area contributed by atoms with Gasteiger partial charge in [-0.25, -0.2) is 8.42 Å². The van der Waals surface area contributed by atoms with Gasteiger partial charge in [-0.2, -0.15) is 0 Å². The molecule has 0 bridgehead atoms. The zero-order valence-electron chi connectivity index (χ0n) is 12.6. The maximum atomic E-state index is 12.3. The Morgan fingerprint density at radius 1 is 1.29 bits per heavy atom. The summed E-state index contributed by atoms with van der Waals surface area (Å²) < 4.78 is 29.5. The zero-order chi connectivity index (χ0) is 17.5. The van der Waals surface area contributed by atoms with Crippen LogP contribution in [0, 0.1) is 0 Å². The van der Waals surface area contributed by atoms with Crippen molar-refractivity contribution in [2.24, 2.45) is 0 Å². The van der Waals surface area contributed by atoms with E-state index in [0.717, 1.165) is 0 Å². The number of hydrogen-bond donors (Lipinski definition) is 2. The van der Waals surface area contributed by atoms with E-state index in [0.29, 0.717) is 16.3 Å². The van der Waals surface area contributed by atoms with Crippen LogP contribution in [0.2, 0.25) is 5.02 Å². The molecule has 24 heavy (non-hydrogen) atoms. The summed E-state index contributed by atoms with van der Waals surface area (Å²) in [7, 11) is -2.00. The van der Waals surface area contributed by atoms with Crippen molar-refractivity contribution in [3.63, 3.8) is 0 Å². The Morgan fingerprint density at radius 3 is 2.75 bits per heavy atom. The van der Waals surface area contributed by atoms with E-state index in [-0.39, 0.29) is 22.0 Å². The highest BCUT2D eigenvalue weighted by Gasteiger charge is 2.35. The second-order valence-electron chi connectivity index (χ2n) is 5.37. The fraction of sp³-hybridized carbons (Fsp3) is 0.188. The number of amides is 1. The topological polar surface area (TPSA) is 92.7 Å². The number of carbonyl (C=O) groups excluding carboxylic acids is 1. The fourth-order valence-electron chi connectivity index (χ4n) is 2.61. The number of halogens is 1. The lowest BCUT2D eigenvalue weighted by Crippen LogP contribution is -2.12. The van der Waals surface area contributed by atoms with Gasteiger partial charge in [0.05, 0.1) is 22.3 Å². The SMILES string of the molecule is CO[C@@H]1CS(=O)(=O)c2cc(NC(=O)c3cc(Cl)ccc3O)ccc21. The second-order valence-corrected chi connectivity index (χ2v) is 7.81. The number of methoxy groups -OCH3 is 1. The van der Waals surface area contributed by atoms with E-state index < -0.39 is 21.8 Å². The Hall–Kier alpha value is -2.09. The number of fused-ring (bicyclic) bond motifs is 1. The van der Waals surface area contributed by atoms with Crippen molar-refractivity contribution in [3.8, 4) is 5.75 Å². The lowest BCUT2D eigenvalue weighted by atomic mass is 10.1. The van der Waals surface area contributed by atoms with Crippen molar-refractivity contribution in [1.82, 2.24) is 0 Å². The molecule has 0 saturated heterocycles. The summed E-state index contributed by atoms with van der Waals surface area (Å²) in [6.45, 7) is 0. The summed E-state index contributed by atoms with van der Waals surface area (Å²) in [5, 5.41) is 12.6. The summed E-state index contributed by atoms with van der Waals surface area (Å²) in [6, 6.07) is 8.70. The van der Waals surface area contributed by atoms with Gasteiger partial charge >= 0.3 is 0 Å². The number of anilines is 1. The number of rotatable bonds is 3. The predicted molar refractivity (Wildman–Crippen MR) is 89.3 cm³/mol. The molecule has 3 rings (SSSR count). The molecule has 0 radical (unpaired) electrons. The van der Waals surface area contributed by atoms with Crippen LogP contribution in [0.25, 0.3) is 0 Å². The molecule has 0 saturated carbocycles. The minimum absolute atomic E-state index is 0.000577. The highest BCUT2D eigenvalue weighted by atomic mass is 35.5. The number of carbonyl (C=O) groups is 1. The number of nitrogens with one attached hydrogen (secondary N) is 1. The average Bonchev–Trinajstić information content (AvgIpc) is 2.80. The summed E-state index contributed by atoms with van der Waals surface area (Å²) in [5.74, 6) is -0.926. The third kappa shape index (κ3) is 2.98. The van der Waals surface area contributed by atoms with Gasteiger partial charge in [0.2, 0.25) is 0 Å². The molecule has 1 aliphatic heterocycles. The molecule has 6 nitrogen and oxygen atoms in total. The minimum atomic E-state index is -3.45. The van der Waals surface area contributed by atoms with Crippen molar-refractivity contribution in [1.29, 1.82) is 0 Å². The first-order chi connectivity index (χ1) is 11.3. The Labute approximate surface area is 143 Å². The molecule has 0 aromatic heterocycles. The summed E-state index contributed by atoms with van der Waals surface area (Å²) in [6.07, 6.45) is -0.508. The standard InChI is InChI=1S/C16H14ClNO5S/c1-23-14-8-24(21,22)15-7-10(3-4-11(14)15)18-16(20)12-6-9(17)2-5-13(12)19/h2-7,14,19H,8H2,1H3,(H,18,20)/t14-/m1/s1. The fourth-order valence-corrected chi connectivity index (χ4v) is 4.54. The number of aromatic hydroxyl groups is 1. The van der Waals surface area contributed by atoms with Crippen LogP contribution >= 0.6 is 11.6 Å². The average molecular weight is 368 g/mol. The van der Waals surface area contributed by atoms with Crippen LogP contribution < -0.4 is 5.32 Å². The van der Waals surface area contributed by atoms with Crippen molar-refractivity contribution in [2.45, 2.75) is 11.0 Å². The molecule has 1 aliphatic rings. The highest BCUT2D eigenvalue weighted by Crippen LogP contribution is 2.37. The molecule has 0 spiro atoms. The van der Waals surface area contributed by atoms with Crippen LogP contribution in [0.3, 0.4) is 0 Å². The van der Waals surface area contributed by atoms with Crippen molar-refractivity contribution in [3.05, 3.63) is 52.5 Å². The monoisotopic (exact) mass is 367 g/mol. The molecule has 2 aromatic carbocycles. The molecular formula is C16H14ClNO5S. The molecule has 0 fully saturated rings. The quantitative estimate of drug-likeness (QED) is 0.870. The zero-order valence-corrected chi connectivity index (χ0v) is 14.2. The highest BCUT2D eigenvalue weighted by molar-refractivity contribution is 7.91. The van der Waals surface area contributed by atoms with Gasteiger partial charge in [-0.1, -0.05) is 17.7 Å². The Bertz CT molecular complexity index is 926. The molecule has 2 aromatic rings. The Morgan fingerprint density at radius 2 is 2.04 bits per heavy atom. The van der Waals surface area contributed by atoms with Crippen LogP contribution in [0.5, 0.6) is 5.75 Å². The van der Waals surface area contributed by atoms with Gasteiger partial charge in [0, 0.05) is 23.4 Å². The van der Waals surface area contributed by atoms with E-state index in [1.54, 1.807) is 12.1 Å². The van der Waals surface area contributed by atoms with Gasteiger partial charge in [0.1, 0.15) is 5.75 Å². The van der Waals surface area contributed by atoms with E-state index in [2.05, 4.69) is 5.32 Å². The lowest BCUT2D eigenvalue weighted by molar-refractivity contribution is 0.102. The normalized spacial score (nSPS) is 18.2. The maximum absolute atomic E-state index is 12.3. The van der Waals surface area contributed by atoms with Gasteiger partial charge in [-0.05, 0) is 30.3 Å². The van der Waals surface area contributed by atoms with Crippen molar-refractivity contribution in [2.75, 3.05) is 18.2 Å². The van der Waals surface area contributed by atoms with E-state index in [1.165, 1.54) is 31.4 Å². The van der Waals surface area contributed by atoms with E-state index in [4.69, 9.17) is 16.3 Å². The molecule has 1 amide bonds. The molecule has 8 heteroatoms. The summed E-state index contributed by atoms with van der Waals surface area (Å²) in [5.41, 5.74) is 0.875. The number of ether oxygens (including phenoxy) is 1. The predicted octanol–water partition coefficient (Wildman–Crippen LogP) is 2.77. The van der Waals surface area contributed by atoms with Gasteiger partial charge < -0.3 is 15.2 Å². The van der Waals surface area contributed by atoms with Crippen LogP contribution in [0.15, 0.2) is 41.3 Å². The van der Waals surface area contributed by atoms with Crippen LogP contribution in [0.1, 0.15) is 22.0 Å². The van der Waals surface area contributed by atoms with Gasteiger partial charge in [-0.15, -0.1) is 0 Å². The molecular weight excluding hydrogens is 354 g/mol. The van der Waals surface area contributed by atoms with E-state index in [1.807, 2.05) is 0 Å². The first kappa shape index (κ1) is 16.8. The van der Waals surface area contributed by atoms with Crippen LogP contribution in [-0.4, -0.2) is 32.3 Å². The smallest absolute Gasteiger partial charge is 0.259 e. The Kier molecular flexibility index (Phi) is 4.25. The molecule has 0 unspecified atom stereocenters. The first-order valence-corrected chi connectivity index (χ1v) is 9.04. The lowest BCUT2D eigenvalue weighted by Gasteiger charge is -2.10. The van der Waals surface area contributed by atoms with Crippen LogP contribution in [-0.2, 0) is 14.6 Å². The molecule has 126 valence electrons. The number of sulfone groups is 1. The maximum Gasteiger partial charge on any atom is 0.259 e. The number of phenols is 1. The van der Waals surface area contributed by atoms with E-state index in [9.17, 15) is 18.3 Å². The van der Waals surface area contributed by atoms with Crippen molar-refractivity contribution < 1.29 is 23.1 Å². The number of hydrogen-bond acceptors (Lipinski definition) is 5. The van der Waals surface area contributed by atoms with E-state index >= 15 is 0 Å². The summed E-state index contributed by atoms with van der Waals surface area (Å²) in [4.78, 5) is 12.4. The number of benzene rings is 2. The Balaban J connectivity index is 1.92. The first-order valence-electron chi connectivity index (χ1n) is 7.01. The van der Waals surface area contributed by atoms with Gasteiger partial charge in [0.15, 0.2) is 9.84 Å².